The van der Waals surface area contributed by atoms with Gasteiger partial charge in [0.05, 0.1) is 14.2 Å². The molecule has 18 heavy (non-hydrogen) atoms. The van der Waals surface area contributed by atoms with E-state index in [2.05, 4.69) is 13.8 Å². The summed E-state index contributed by atoms with van der Waals surface area (Å²) >= 11 is 0. The highest BCUT2D eigenvalue weighted by Crippen LogP contribution is 2.35. The maximum atomic E-state index is 10.4. The zero-order valence-corrected chi connectivity index (χ0v) is 11.7. The highest BCUT2D eigenvalue weighted by Gasteiger charge is 2.14. The zero-order chi connectivity index (χ0) is 13.5. The molecule has 100 valence electrons. The summed E-state index contributed by atoms with van der Waals surface area (Å²) in [7, 11) is 3.36. The molecule has 0 aliphatic heterocycles. The number of hydrogen-bond acceptors (Lipinski definition) is 3. The fraction of sp³-hybridized carbons (Fsp3) is 0.533. The van der Waals surface area contributed by atoms with Gasteiger partial charge in [0, 0.05) is 12.0 Å². The molecular formula is C15H22O3. The molecule has 1 aromatic carbocycles. The van der Waals surface area contributed by atoms with Crippen LogP contribution >= 0.6 is 0 Å². The maximum Gasteiger partial charge on any atom is 0.125 e. The molecule has 0 saturated heterocycles. The Hall–Kier alpha value is -1.51. The lowest BCUT2D eigenvalue weighted by Gasteiger charge is -2.17. The van der Waals surface area contributed by atoms with Crippen molar-refractivity contribution in [2.24, 2.45) is 0 Å². The molecule has 0 saturated carbocycles. The smallest absolute Gasteiger partial charge is 0.125 e. The molecule has 0 fully saturated rings. The SMILES string of the molecule is COc1cc(CCCC=O)c(OC)c(C(C)C)c1. The number of hydrogen-bond donors (Lipinski definition) is 0. The van der Waals surface area contributed by atoms with Gasteiger partial charge in [-0.1, -0.05) is 13.8 Å². The van der Waals surface area contributed by atoms with Gasteiger partial charge in [-0.05, 0) is 36.5 Å². The largest absolute Gasteiger partial charge is 0.497 e. The van der Waals surface area contributed by atoms with Crippen LogP contribution < -0.4 is 9.47 Å². The van der Waals surface area contributed by atoms with Crippen LogP contribution in [-0.4, -0.2) is 20.5 Å². The van der Waals surface area contributed by atoms with E-state index in [1.807, 2.05) is 12.1 Å². The normalized spacial score (nSPS) is 10.5. The predicted molar refractivity (Wildman–Crippen MR) is 72.6 cm³/mol. The standard InChI is InChI=1S/C15H22O3/c1-11(2)14-10-13(17-3)9-12(15(14)18-4)7-5-6-8-16/h8-11H,5-7H2,1-4H3. The highest BCUT2D eigenvalue weighted by atomic mass is 16.5. The summed E-state index contributed by atoms with van der Waals surface area (Å²) in [5.41, 5.74) is 2.26. The van der Waals surface area contributed by atoms with Crippen LogP contribution in [0.4, 0.5) is 0 Å². The average Bonchev–Trinajstić information content (AvgIpc) is 2.37. The predicted octanol–water partition coefficient (Wildman–Crippen LogP) is 3.35. The molecule has 0 bridgehead atoms. The second kappa shape index (κ2) is 7.04. The van der Waals surface area contributed by atoms with Crippen LogP contribution in [0.15, 0.2) is 12.1 Å². The molecule has 1 aromatic rings. The van der Waals surface area contributed by atoms with Crippen molar-refractivity contribution in [2.45, 2.75) is 39.0 Å². The summed E-state index contributed by atoms with van der Waals surface area (Å²) in [6.07, 6.45) is 3.21. The Labute approximate surface area is 109 Å². The van der Waals surface area contributed by atoms with E-state index in [-0.39, 0.29) is 0 Å². The number of aryl methyl sites for hydroxylation is 1. The maximum absolute atomic E-state index is 10.4. The molecule has 1 rings (SSSR count). The lowest BCUT2D eigenvalue weighted by atomic mass is 9.96. The third kappa shape index (κ3) is 3.49. The molecule has 0 aliphatic rings. The van der Waals surface area contributed by atoms with Crippen molar-refractivity contribution in [1.82, 2.24) is 0 Å². The molecule has 0 radical (unpaired) electrons. The Morgan fingerprint density at radius 3 is 2.44 bits per heavy atom. The van der Waals surface area contributed by atoms with Gasteiger partial charge in [0.1, 0.15) is 17.8 Å². The number of rotatable bonds is 7. The van der Waals surface area contributed by atoms with E-state index < -0.39 is 0 Å². The van der Waals surface area contributed by atoms with Crippen LogP contribution in [0.1, 0.15) is 43.7 Å². The van der Waals surface area contributed by atoms with E-state index in [4.69, 9.17) is 9.47 Å². The minimum absolute atomic E-state index is 0.375. The van der Waals surface area contributed by atoms with Crippen LogP contribution in [0.3, 0.4) is 0 Å². The van der Waals surface area contributed by atoms with E-state index in [0.29, 0.717) is 12.3 Å². The van der Waals surface area contributed by atoms with Crippen molar-refractivity contribution in [2.75, 3.05) is 14.2 Å². The minimum atomic E-state index is 0.375. The molecule has 0 atom stereocenters. The van der Waals surface area contributed by atoms with Crippen molar-refractivity contribution in [3.05, 3.63) is 23.3 Å². The zero-order valence-electron chi connectivity index (χ0n) is 11.7. The first-order valence-electron chi connectivity index (χ1n) is 6.32. The Bertz CT molecular complexity index is 397. The van der Waals surface area contributed by atoms with Crippen LogP contribution in [0.5, 0.6) is 11.5 Å². The minimum Gasteiger partial charge on any atom is -0.497 e. The van der Waals surface area contributed by atoms with Gasteiger partial charge in [-0.25, -0.2) is 0 Å². The molecule has 0 amide bonds. The second-order valence-electron chi connectivity index (χ2n) is 4.62. The van der Waals surface area contributed by atoms with Gasteiger partial charge in [0.25, 0.3) is 0 Å². The number of carbonyl (C=O) groups is 1. The monoisotopic (exact) mass is 250 g/mol. The first kappa shape index (κ1) is 14.6. The van der Waals surface area contributed by atoms with Gasteiger partial charge >= 0.3 is 0 Å². The van der Waals surface area contributed by atoms with Crippen molar-refractivity contribution in [1.29, 1.82) is 0 Å². The summed E-state index contributed by atoms with van der Waals surface area (Å²) in [5, 5.41) is 0. The van der Waals surface area contributed by atoms with E-state index >= 15 is 0 Å². The third-order valence-electron chi connectivity index (χ3n) is 3.00. The van der Waals surface area contributed by atoms with Gasteiger partial charge < -0.3 is 14.3 Å². The Balaban J connectivity index is 3.11. The summed E-state index contributed by atoms with van der Waals surface area (Å²) in [6, 6.07) is 4.02. The lowest BCUT2D eigenvalue weighted by molar-refractivity contribution is -0.107. The summed E-state index contributed by atoms with van der Waals surface area (Å²) < 4.78 is 10.9. The van der Waals surface area contributed by atoms with Gasteiger partial charge in [-0.3, -0.25) is 0 Å². The van der Waals surface area contributed by atoms with Gasteiger partial charge in [-0.15, -0.1) is 0 Å². The number of carbonyl (C=O) groups excluding carboxylic acids is 1. The Morgan fingerprint density at radius 2 is 1.94 bits per heavy atom. The Morgan fingerprint density at radius 1 is 1.22 bits per heavy atom. The fourth-order valence-electron chi connectivity index (χ4n) is 2.04. The van der Waals surface area contributed by atoms with Crippen molar-refractivity contribution in [3.8, 4) is 11.5 Å². The van der Waals surface area contributed by atoms with Crippen molar-refractivity contribution in [3.63, 3.8) is 0 Å². The molecule has 3 heteroatoms. The van der Waals surface area contributed by atoms with E-state index in [1.54, 1.807) is 14.2 Å². The van der Waals surface area contributed by atoms with Crippen molar-refractivity contribution < 1.29 is 14.3 Å². The van der Waals surface area contributed by atoms with Gasteiger partial charge in [-0.2, -0.15) is 0 Å². The van der Waals surface area contributed by atoms with Gasteiger partial charge in [0.15, 0.2) is 0 Å². The van der Waals surface area contributed by atoms with Crippen LogP contribution in [-0.2, 0) is 11.2 Å². The highest BCUT2D eigenvalue weighted by molar-refractivity contribution is 5.51. The fourth-order valence-corrected chi connectivity index (χ4v) is 2.04. The number of benzene rings is 1. The average molecular weight is 250 g/mol. The quantitative estimate of drug-likeness (QED) is 0.550. The molecule has 0 heterocycles. The number of ether oxygens (including phenoxy) is 2. The van der Waals surface area contributed by atoms with Gasteiger partial charge in [0.2, 0.25) is 0 Å². The third-order valence-corrected chi connectivity index (χ3v) is 3.00. The molecule has 0 aliphatic carbocycles. The summed E-state index contributed by atoms with van der Waals surface area (Å²) in [6.45, 7) is 4.26. The number of unbranched alkanes of at least 4 members (excludes halogenated alkanes) is 1. The lowest BCUT2D eigenvalue weighted by Crippen LogP contribution is -2.01. The van der Waals surface area contributed by atoms with E-state index in [1.165, 1.54) is 0 Å². The van der Waals surface area contributed by atoms with Crippen molar-refractivity contribution >= 4 is 6.29 Å². The Kier molecular flexibility index (Phi) is 5.69. The first-order chi connectivity index (χ1) is 8.63. The summed E-state index contributed by atoms with van der Waals surface area (Å²) in [4.78, 5) is 10.4. The topological polar surface area (TPSA) is 35.5 Å². The molecule has 0 N–H and O–H groups in total. The molecular weight excluding hydrogens is 228 g/mol. The summed E-state index contributed by atoms with van der Waals surface area (Å²) in [5.74, 6) is 2.15. The number of aldehydes is 1. The van der Waals surface area contributed by atoms with E-state index in [9.17, 15) is 4.79 Å². The van der Waals surface area contributed by atoms with Crippen LogP contribution in [0.2, 0.25) is 0 Å². The molecule has 0 aromatic heterocycles. The molecule has 0 unspecified atom stereocenters. The first-order valence-corrected chi connectivity index (χ1v) is 6.32. The van der Waals surface area contributed by atoms with Crippen LogP contribution in [0.25, 0.3) is 0 Å². The van der Waals surface area contributed by atoms with E-state index in [0.717, 1.165) is 41.8 Å². The number of methoxy groups -OCH3 is 2. The van der Waals surface area contributed by atoms with Crippen LogP contribution in [0, 0.1) is 0 Å². The molecule has 0 spiro atoms. The second-order valence-corrected chi connectivity index (χ2v) is 4.62. The molecule has 3 nitrogen and oxygen atoms in total.